The highest BCUT2D eigenvalue weighted by atomic mass is 16.1. The summed E-state index contributed by atoms with van der Waals surface area (Å²) < 4.78 is 0. The van der Waals surface area contributed by atoms with E-state index in [1.54, 1.807) is 4.90 Å². The fourth-order valence-electron chi connectivity index (χ4n) is 1.95. The molecule has 3 nitrogen and oxygen atoms in total. The van der Waals surface area contributed by atoms with Gasteiger partial charge in [0.15, 0.2) is 0 Å². The van der Waals surface area contributed by atoms with Crippen molar-refractivity contribution in [2.75, 3.05) is 19.6 Å². The van der Waals surface area contributed by atoms with E-state index in [4.69, 9.17) is 0 Å². The lowest BCUT2D eigenvalue weighted by atomic mass is 10.0. The summed E-state index contributed by atoms with van der Waals surface area (Å²) in [6, 6.07) is 10.5. The van der Waals surface area contributed by atoms with Gasteiger partial charge in [-0.2, -0.15) is 0 Å². The molecule has 0 aliphatic carbocycles. The van der Waals surface area contributed by atoms with Crippen molar-refractivity contribution < 1.29 is 4.79 Å². The summed E-state index contributed by atoms with van der Waals surface area (Å²) in [6.45, 7) is 2.51. The Morgan fingerprint density at radius 1 is 1.40 bits per heavy atom. The van der Waals surface area contributed by atoms with Crippen molar-refractivity contribution in [1.29, 1.82) is 0 Å². The molecule has 1 saturated heterocycles. The van der Waals surface area contributed by atoms with Crippen LogP contribution in [0.4, 0.5) is 0 Å². The molecule has 1 aliphatic rings. The normalized spacial score (nSPS) is 21.3. The Morgan fingerprint density at radius 3 is 2.93 bits per heavy atom. The third kappa shape index (κ3) is 2.57. The Morgan fingerprint density at radius 2 is 2.20 bits per heavy atom. The highest BCUT2D eigenvalue weighted by Gasteiger charge is 2.21. The number of benzene rings is 1. The van der Waals surface area contributed by atoms with Crippen molar-refractivity contribution in [2.24, 2.45) is 0 Å². The maximum atomic E-state index is 10.7. The van der Waals surface area contributed by atoms with Crippen molar-refractivity contribution in [3.63, 3.8) is 0 Å². The lowest BCUT2D eigenvalue weighted by Gasteiger charge is -2.32. The summed E-state index contributed by atoms with van der Waals surface area (Å²) in [5, 5.41) is 3.30. The molecule has 2 rings (SSSR count). The van der Waals surface area contributed by atoms with E-state index in [2.05, 4.69) is 17.4 Å². The van der Waals surface area contributed by atoms with Crippen LogP contribution in [-0.2, 0) is 11.2 Å². The van der Waals surface area contributed by atoms with Gasteiger partial charge in [0.1, 0.15) is 0 Å². The lowest BCUT2D eigenvalue weighted by Crippen LogP contribution is -2.51. The van der Waals surface area contributed by atoms with Crippen molar-refractivity contribution in [3.05, 3.63) is 35.9 Å². The molecule has 1 aliphatic heterocycles. The van der Waals surface area contributed by atoms with Crippen LogP contribution < -0.4 is 5.32 Å². The van der Waals surface area contributed by atoms with Gasteiger partial charge < -0.3 is 10.2 Å². The summed E-state index contributed by atoms with van der Waals surface area (Å²) >= 11 is 0. The quantitative estimate of drug-likeness (QED) is 0.779. The zero-order valence-electron chi connectivity index (χ0n) is 8.65. The average Bonchev–Trinajstić information content (AvgIpc) is 2.31. The van der Waals surface area contributed by atoms with E-state index in [1.165, 1.54) is 5.56 Å². The molecule has 1 aromatic carbocycles. The molecule has 15 heavy (non-hydrogen) atoms. The molecule has 0 saturated carbocycles. The number of rotatable bonds is 3. The van der Waals surface area contributed by atoms with Crippen LogP contribution in [0.1, 0.15) is 5.56 Å². The Kier molecular flexibility index (Phi) is 3.35. The number of carbonyl (C=O) groups excluding carboxylic acids is 1. The van der Waals surface area contributed by atoms with Gasteiger partial charge in [-0.25, -0.2) is 0 Å². The van der Waals surface area contributed by atoms with E-state index in [9.17, 15) is 4.79 Å². The predicted octanol–water partition coefficient (Wildman–Crippen LogP) is 0.570. The van der Waals surface area contributed by atoms with Crippen LogP contribution in [0.3, 0.4) is 0 Å². The summed E-state index contributed by atoms with van der Waals surface area (Å²) in [5.74, 6) is 0. The summed E-state index contributed by atoms with van der Waals surface area (Å²) in [7, 11) is 0. The molecular formula is C12H15N2O. The first-order valence-electron chi connectivity index (χ1n) is 5.29. The third-order valence-corrected chi connectivity index (χ3v) is 2.78. The second-order valence-corrected chi connectivity index (χ2v) is 3.83. The van der Waals surface area contributed by atoms with E-state index in [0.29, 0.717) is 0 Å². The first-order valence-corrected chi connectivity index (χ1v) is 5.29. The minimum absolute atomic E-state index is 0.249. The first-order chi connectivity index (χ1) is 7.40. The largest absolute Gasteiger partial charge is 0.329 e. The van der Waals surface area contributed by atoms with E-state index >= 15 is 0 Å². The number of hydrogen-bond acceptors (Lipinski definition) is 2. The van der Waals surface area contributed by atoms with Gasteiger partial charge in [-0.15, -0.1) is 0 Å². The molecule has 79 valence electrons. The smallest absolute Gasteiger partial charge is 0.312 e. The molecule has 1 amide bonds. The maximum absolute atomic E-state index is 10.7. The fourth-order valence-corrected chi connectivity index (χ4v) is 1.95. The second kappa shape index (κ2) is 4.94. The summed E-state index contributed by atoms with van der Waals surface area (Å²) in [4.78, 5) is 12.5. The number of amides is 1. The highest BCUT2D eigenvalue weighted by molar-refractivity contribution is 5.49. The van der Waals surface area contributed by atoms with E-state index in [0.717, 1.165) is 26.1 Å². The number of nitrogens with one attached hydrogen (secondary N) is 1. The van der Waals surface area contributed by atoms with E-state index in [-0.39, 0.29) is 6.04 Å². The molecule has 0 bridgehead atoms. The standard InChI is InChI=1S/C12H15N2O/c15-10-14-7-6-13-9-12(14)8-11-4-2-1-3-5-11/h1-5,12-13H,6-9H2. The van der Waals surface area contributed by atoms with Crippen molar-refractivity contribution >= 4 is 6.41 Å². The van der Waals surface area contributed by atoms with Gasteiger partial charge in [0.05, 0.1) is 0 Å². The van der Waals surface area contributed by atoms with Gasteiger partial charge in [0.2, 0.25) is 0 Å². The molecule has 1 N–H and O–H groups in total. The van der Waals surface area contributed by atoms with Gasteiger partial charge in [-0.05, 0) is 12.0 Å². The molecule has 1 atom stereocenters. The molecule has 1 unspecified atom stereocenters. The minimum Gasteiger partial charge on any atom is -0.329 e. The molecule has 0 spiro atoms. The van der Waals surface area contributed by atoms with Crippen LogP contribution >= 0.6 is 0 Å². The fraction of sp³-hybridized carbons (Fsp3) is 0.417. The Balaban J connectivity index is 2.00. The Bertz CT molecular complexity index is 313. The zero-order valence-corrected chi connectivity index (χ0v) is 8.65. The van der Waals surface area contributed by atoms with E-state index < -0.39 is 0 Å². The number of nitrogens with zero attached hydrogens (tertiary/aromatic N) is 1. The van der Waals surface area contributed by atoms with Crippen LogP contribution in [0, 0.1) is 0 Å². The van der Waals surface area contributed by atoms with Crippen LogP contribution in [0.2, 0.25) is 0 Å². The lowest BCUT2D eigenvalue weighted by molar-refractivity contribution is 0.244. The van der Waals surface area contributed by atoms with Gasteiger partial charge in [-0.1, -0.05) is 30.3 Å². The van der Waals surface area contributed by atoms with Crippen LogP contribution in [0.5, 0.6) is 0 Å². The molecule has 1 fully saturated rings. The predicted molar refractivity (Wildman–Crippen MR) is 59.2 cm³/mol. The maximum Gasteiger partial charge on any atom is 0.312 e. The molecule has 1 aromatic rings. The van der Waals surface area contributed by atoms with Crippen molar-refractivity contribution in [2.45, 2.75) is 12.5 Å². The first kappa shape index (κ1) is 10.2. The van der Waals surface area contributed by atoms with Crippen molar-refractivity contribution in [3.8, 4) is 0 Å². The van der Waals surface area contributed by atoms with Gasteiger partial charge >= 0.3 is 6.41 Å². The SMILES string of the molecule is O=[C]N1CCNCC1Cc1ccccc1. The van der Waals surface area contributed by atoms with Crippen LogP contribution in [0.15, 0.2) is 30.3 Å². The topological polar surface area (TPSA) is 32.3 Å². The highest BCUT2D eigenvalue weighted by Crippen LogP contribution is 2.09. The Hall–Kier alpha value is -1.35. The van der Waals surface area contributed by atoms with Gasteiger partial charge in [-0.3, -0.25) is 4.79 Å². The molecule has 1 heterocycles. The molecule has 3 heteroatoms. The third-order valence-electron chi connectivity index (χ3n) is 2.78. The monoisotopic (exact) mass is 203 g/mol. The van der Waals surface area contributed by atoms with Crippen LogP contribution in [0.25, 0.3) is 0 Å². The average molecular weight is 203 g/mol. The molecule has 0 aromatic heterocycles. The van der Waals surface area contributed by atoms with Crippen LogP contribution in [-0.4, -0.2) is 37.0 Å². The number of hydrogen-bond donors (Lipinski definition) is 1. The number of piperazine rings is 1. The second-order valence-electron chi connectivity index (χ2n) is 3.83. The minimum atomic E-state index is 0.249. The van der Waals surface area contributed by atoms with Gasteiger partial charge in [0.25, 0.3) is 0 Å². The summed E-state index contributed by atoms with van der Waals surface area (Å²) in [5.41, 5.74) is 1.27. The Labute approximate surface area is 90.1 Å². The van der Waals surface area contributed by atoms with E-state index in [1.807, 2.05) is 24.6 Å². The van der Waals surface area contributed by atoms with Crippen molar-refractivity contribution in [1.82, 2.24) is 10.2 Å². The summed E-state index contributed by atoms with van der Waals surface area (Å²) in [6.07, 6.45) is 2.92. The molecule has 1 radical (unpaired) electrons. The van der Waals surface area contributed by atoms with Gasteiger partial charge in [0, 0.05) is 25.7 Å². The molecular weight excluding hydrogens is 188 g/mol. The zero-order chi connectivity index (χ0) is 10.5.